The summed E-state index contributed by atoms with van der Waals surface area (Å²) in [5, 5.41) is 0. The number of Topliss-reactive ketones (excluding diaryl/α,β-unsaturated/α-hetero) is 5. The molecule has 66 heavy (non-hydrogen) atoms. The second-order valence-electron chi connectivity index (χ2n) is 18.2. The highest BCUT2D eigenvalue weighted by molar-refractivity contribution is 9.10. The third-order valence-corrected chi connectivity index (χ3v) is 15.8. The number of halogens is 3. The third kappa shape index (κ3) is 21.1. The minimum Gasteiger partial charge on any atom is -0.299 e. The van der Waals surface area contributed by atoms with Crippen molar-refractivity contribution in [2.24, 2.45) is 17.3 Å². The van der Waals surface area contributed by atoms with Gasteiger partial charge < -0.3 is 0 Å². The lowest BCUT2D eigenvalue weighted by Crippen LogP contribution is -2.30. The quantitative estimate of drug-likeness (QED) is 0.127. The minimum absolute atomic E-state index is 0. The summed E-state index contributed by atoms with van der Waals surface area (Å²) in [6, 6.07) is 25.2. The molecule has 0 spiro atoms. The van der Waals surface area contributed by atoms with E-state index in [9.17, 15) is 24.0 Å². The summed E-state index contributed by atoms with van der Waals surface area (Å²) in [7, 11) is 0. The predicted octanol–water partition coefficient (Wildman–Crippen LogP) is 17.6. The van der Waals surface area contributed by atoms with Crippen molar-refractivity contribution in [3.63, 3.8) is 0 Å². The van der Waals surface area contributed by atoms with E-state index in [2.05, 4.69) is 60.4 Å². The molecule has 368 valence electrons. The standard InChI is InChI=1S/C12H15BrO.C11H12O.C10H10O.C8H13BrO.C8H13Br.C6H10O.3CH4/c1-3-12(13,4-2)11(14)10-8-6-5-7-9-10;1-11(2)7-8-5-3-4-6-9(8)10(11)12;1-7-6-8-4-2-3-5-9(8)10(7)11;1-6(2)4-5-8(9)7(3)10;1-2-8(9)6-4-3-5-7-8;1-5-3-2-4-6(5)7;;;/h5-9H,3-4H2,1-2H3;3-6H,7H2,1-2H3;2-5,7H,6H2,1H3;4,8H,5H2,1-3H3;2H,1,3-7H2;5H,2-4H2,1H3;3*1H4. The van der Waals surface area contributed by atoms with E-state index < -0.39 is 0 Å². The Morgan fingerprint density at radius 2 is 1.29 bits per heavy atom. The fraction of sp³-hybridized carbons (Fsp3) is 0.534. The second kappa shape index (κ2) is 31.9. The van der Waals surface area contributed by atoms with Crippen LogP contribution in [0.1, 0.15) is 197 Å². The van der Waals surface area contributed by atoms with Gasteiger partial charge in [0.25, 0.3) is 0 Å². The van der Waals surface area contributed by atoms with Crippen molar-refractivity contribution in [3.8, 4) is 0 Å². The van der Waals surface area contributed by atoms with Crippen LogP contribution in [0.15, 0.2) is 103 Å². The molecule has 7 rings (SSSR count). The fourth-order valence-corrected chi connectivity index (χ4v) is 8.68. The summed E-state index contributed by atoms with van der Waals surface area (Å²) in [5.74, 6) is 2.01. The van der Waals surface area contributed by atoms with Crippen LogP contribution in [0.2, 0.25) is 0 Å². The van der Waals surface area contributed by atoms with Gasteiger partial charge in [0.15, 0.2) is 17.3 Å². The molecule has 0 heterocycles. The minimum atomic E-state index is -0.381. The highest BCUT2D eigenvalue weighted by Crippen LogP contribution is 2.37. The van der Waals surface area contributed by atoms with E-state index in [-0.39, 0.29) is 60.1 Å². The molecule has 3 aromatic rings. The summed E-state index contributed by atoms with van der Waals surface area (Å²) in [6.45, 7) is 21.5. The van der Waals surface area contributed by atoms with E-state index in [1.54, 1.807) is 6.92 Å². The van der Waals surface area contributed by atoms with Gasteiger partial charge in [-0.25, -0.2) is 0 Å². The van der Waals surface area contributed by atoms with Gasteiger partial charge in [0.1, 0.15) is 11.6 Å². The largest absolute Gasteiger partial charge is 0.299 e. The Kier molecular flexibility index (Phi) is 31.4. The molecule has 4 aliphatic carbocycles. The van der Waals surface area contributed by atoms with Crippen molar-refractivity contribution in [2.75, 3.05) is 0 Å². The number of alkyl halides is 3. The Hall–Kier alpha value is -3.07. The molecular weight excluding hydrogens is 1020 g/mol. The van der Waals surface area contributed by atoms with E-state index in [0.717, 1.165) is 68.1 Å². The van der Waals surface area contributed by atoms with Crippen LogP contribution in [0.25, 0.3) is 0 Å². The number of carbonyl (C=O) groups excluding carboxylic acids is 5. The van der Waals surface area contributed by atoms with E-state index in [1.807, 2.05) is 140 Å². The zero-order valence-corrected chi connectivity index (χ0v) is 44.2. The lowest BCUT2D eigenvalue weighted by atomic mass is 9.89. The van der Waals surface area contributed by atoms with Crippen LogP contribution in [0.5, 0.6) is 0 Å². The molecule has 2 fully saturated rings. The van der Waals surface area contributed by atoms with Crippen molar-refractivity contribution in [3.05, 3.63) is 131 Å². The van der Waals surface area contributed by atoms with Crippen LogP contribution < -0.4 is 0 Å². The lowest BCUT2D eigenvalue weighted by molar-refractivity contribution is -0.120. The van der Waals surface area contributed by atoms with E-state index in [4.69, 9.17) is 0 Å². The van der Waals surface area contributed by atoms with Crippen LogP contribution >= 0.6 is 47.8 Å². The molecule has 0 N–H and O–H groups in total. The Morgan fingerprint density at radius 3 is 1.70 bits per heavy atom. The number of carbonyl (C=O) groups is 5. The van der Waals surface area contributed by atoms with Crippen LogP contribution in [-0.2, 0) is 22.4 Å². The van der Waals surface area contributed by atoms with Crippen LogP contribution in [0.3, 0.4) is 0 Å². The molecule has 0 amide bonds. The maximum absolute atomic E-state index is 12.1. The summed E-state index contributed by atoms with van der Waals surface area (Å²) in [5.41, 5.74) is 6.13. The number of hydrogen-bond donors (Lipinski definition) is 0. The summed E-state index contributed by atoms with van der Waals surface area (Å²) in [4.78, 5) is 56.5. The fourth-order valence-electron chi connectivity index (χ4n) is 7.70. The predicted molar refractivity (Wildman–Crippen MR) is 296 cm³/mol. The Morgan fingerprint density at radius 1 is 0.773 bits per heavy atom. The molecule has 0 radical (unpaired) electrons. The molecule has 3 aromatic carbocycles. The lowest BCUT2D eigenvalue weighted by Gasteiger charge is -2.27. The molecule has 0 saturated heterocycles. The maximum atomic E-state index is 12.1. The van der Waals surface area contributed by atoms with Gasteiger partial charge in [0.05, 0.1) is 9.15 Å². The van der Waals surface area contributed by atoms with E-state index in [0.29, 0.717) is 21.8 Å². The van der Waals surface area contributed by atoms with Crippen LogP contribution in [-0.4, -0.2) is 42.4 Å². The molecular formula is C58H85Br3O5. The highest BCUT2D eigenvalue weighted by Gasteiger charge is 2.37. The number of ketones is 5. The molecule has 8 heteroatoms. The summed E-state index contributed by atoms with van der Waals surface area (Å²) in [6.07, 6.45) is 18.1. The number of allylic oxidation sites excluding steroid dienone is 3. The van der Waals surface area contributed by atoms with Crippen molar-refractivity contribution < 1.29 is 24.0 Å². The molecule has 0 bridgehead atoms. The van der Waals surface area contributed by atoms with Crippen molar-refractivity contribution in [2.45, 2.75) is 182 Å². The average Bonchev–Trinajstić information content (AvgIpc) is 3.89. The van der Waals surface area contributed by atoms with Crippen molar-refractivity contribution in [1.82, 2.24) is 0 Å². The zero-order chi connectivity index (χ0) is 47.4. The number of hydrogen-bond acceptors (Lipinski definition) is 5. The normalized spacial score (nSPS) is 18.3. The summed E-state index contributed by atoms with van der Waals surface area (Å²) < 4.78 is -0.0837. The molecule has 3 atom stereocenters. The van der Waals surface area contributed by atoms with Gasteiger partial charge in [-0.1, -0.05) is 227 Å². The van der Waals surface area contributed by atoms with E-state index in [1.165, 1.54) is 48.8 Å². The molecule has 0 aromatic heterocycles. The molecule has 5 nitrogen and oxygen atoms in total. The monoisotopic (exact) mass is 1100 g/mol. The van der Waals surface area contributed by atoms with Gasteiger partial charge in [0, 0.05) is 44.7 Å². The maximum Gasteiger partial charge on any atom is 0.179 e. The number of fused-ring (bicyclic) bond motifs is 2. The molecule has 2 saturated carbocycles. The summed E-state index contributed by atoms with van der Waals surface area (Å²) >= 11 is 10.5. The second-order valence-corrected chi connectivity index (χ2v) is 22.4. The van der Waals surface area contributed by atoms with Crippen molar-refractivity contribution in [1.29, 1.82) is 0 Å². The van der Waals surface area contributed by atoms with E-state index >= 15 is 0 Å². The van der Waals surface area contributed by atoms with Crippen LogP contribution in [0, 0.1) is 17.3 Å². The SMILES string of the molecule is C.C.C.C=CC1(Br)CCCCC1.CC(=O)C(Br)CC=C(C)C.CC1(C)Cc2ccccc2C1=O.CC1CCCC1=O.CC1Cc2ccccc2C1=O.CCC(Br)(CC)C(=O)c1ccccc1. The first-order valence-corrected chi connectivity index (χ1v) is 25.3. The number of rotatable bonds is 8. The highest BCUT2D eigenvalue weighted by atomic mass is 79.9. The van der Waals surface area contributed by atoms with Gasteiger partial charge >= 0.3 is 0 Å². The third-order valence-electron chi connectivity index (χ3n) is 12.2. The Balaban J connectivity index is 0. The first-order valence-electron chi connectivity index (χ1n) is 22.8. The smallest absolute Gasteiger partial charge is 0.179 e. The molecule has 0 aliphatic heterocycles. The first kappa shape index (κ1) is 65.0. The van der Waals surface area contributed by atoms with Crippen molar-refractivity contribution >= 4 is 76.7 Å². The first-order chi connectivity index (χ1) is 29.6. The van der Waals surface area contributed by atoms with Gasteiger partial charge in [-0.05, 0) is 89.7 Å². The van der Waals surface area contributed by atoms with Gasteiger partial charge in [-0.3, -0.25) is 24.0 Å². The van der Waals surface area contributed by atoms with Gasteiger partial charge in [0.2, 0.25) is 0 Å². The molecule has 4 aliphatic rings. The Bertz CT molecular complexity index is 1980. The van der Waals surface area contributed by atoms with Crippen LogP contribution in [0.4, 0.5) is 0 Å². The van der Waals surface area contributed by atoms with Gasteiger partial charge in [-0.15, -0.1) is 6.58 Å². The topological polar surface area (TPSA) is 85.3 Å². The molecule has 3 unspecified atom stereocenters. The zero-order valence-electron chi connectivity index (χ0n) is 39.5. The van der Waals surface area contributed by atoms with Gasteiger partial charge in [-0.2, -0.15) is 0 Å². The number of benzene rings is 3. The average molecular weight is 1100 g/mol. The Labute approximate surface area is 427 Å².